The number of rotatable bonds is 2. The molecule has 5 heteroatoms. The number of amides is 1. The van der Waals surface area contributed by atoms with Crippen molar-refractivity contribution in [2.45, 2.75) is 77.0 Å². The Bertz CT molecular complexity index is 438. The zero-order chi connectivity index (χ0) is 16.3. The predicted octanol–water partition coefficient (Wildman–Crippen LogP) is 3.04. The molecule has 0 bridgehead atoms. The molecule has 0 spiro atoms. The van der Waals surface area contributed by atoms with Gasteiger partial charge in [-0.3, -0.25) is 0 Å². The first kappa shape index (κ1) is 17.1. The van der Waals surface area contributed by atoms with Crippen molar-refractivity contribution >= 4 is 6.09 Å². The van der Waals surface area contributed by atoms with Crippen LogP contribution in [-0.4, -0.2) is 35.2 Å². The molecule has 0 radical (unpaired) electrons. The van der Waals surface area contributed by atoms with Crippen molar-refractivity contribution in [2.75, 3.05) is 6.54 Å². The highest BCUT2D eigenvalue weighted by atomic mass is 16.6. The van der Waals surface area contributed by atoms with Crippen LogP contribution in [0.15, 0.2) is 0 Å². The molecule has 0 aromatic rings. The molecule has 4 unspecified atom stereocenters. The van der Waals surface area contributed by atoms with Gasteiger partial charge in [0.1, 0.15) is 5.60 Å². The number of ether oxygens (including phenoxy) is 1. The maximum absolute atomic E-state index is 12.5. The van der Waals surface area contributed by atoms with E-state index in [2.05, 4.69) is 6.07 Å². The van der Waals surface area contributed by atoms with Crippen LogP contribution >= 0.6 is 0 Å². The summed E-state index contributed by atoms with van der Waals surface area (Å²) in [6, 6.07) is 2.79. The summed E-state index contributed by atoms with van der Waals surface area (Å²) < 4.78 is 5.54. The molecular weight excluding hydrogens is 278 g/mol. The Morgan fingerprint density at radius 1 is 1.32 bits per heavy atom. The Labute approximate surface area is 133 Å². The van der Waals surface area contributed by atoms with Crippen molar-refractivity contribution in [1.82, 2.24) is 4.90 Å². The Morgan fingerprint density at radius 3 is 2.59 bits per heavy atom. The first-order valence-electron chi connectivity index (χ1n) is 8.43. The molecule has 1 aliphatic heterocycles. The lowest BCUT2D eigenvalue weighted by Crippen LogP contribution is -2.48. The van der Waals surface area contributed by atoms with Gasteiger partial charge in [0.15, 0.2) is 0 Å². The molecule has 1 heterocycles. The monoisotopic (exact) mass is 307 g/mol. The first-order chi connectivity index (χ1) is 10.3. The van der Waals surface area contributed by atoms with Gasteiger partial charge >= 0.3 is 6.09 Å². The molecule has 2 aliphatic rings. The van der Waals surface area contributed by atoms with Crippen LogP contribution in [0.5, 0.6) is 0 Å². The zero-order valence-corrected chi connectivity index (χ0v) is 14.0. The molecule has 2 fully saturated rings. The molecule has 0 aromatic heterocycles. The van der Waals surface area contributed by atoms with Crippen LogP contribution in [0.2, 0.25) is 0 Å². The van der Waals surface area contributed by atoms with E-state index < -0.39 is 5.60 Å². The summed E-state index contributed by atoms with van der Waals surface area (Å²) in [6.07, 6.45) is 5.47. The fourth-order valence-corrected chi connectivity index (χ4v) is 3.67. The van der Waals surface area contributed by atoms with Crippen molar-refractivity contribution in [1.29, 1.82) is 5.26 Å². The van der Waals surface area contributed by atoms with Crippen LogP contribution in [0, 0.1) is 23.2 Å². The lowest BCUT2D eigenvalue weighted by molar-refractivity contribution is 0.00390. The molecule has 1 saturated heterocycles. The molecule has 0 aromatic carbocycles. The number of carbonyl (C=O) groups is 1. The van der Waals surface area contributed by atoms with E-state index in [0.717, 1.165) is 38.5 Å². The van der Waals surface area contributed by atoms with Gasteiger partial charge in [0.05, 0.1) is 6.07 Å². The summed E-state index contributed by atoms with van der Waals surface area (Å²) in [5, 5.41) is 9.22. The third kappa shape index (κ3) is 4.61. The van der Waals surface area contributed by atoms with Crippen molar-refractivity contribution < 1.29 is 9.53 Å². The van der Waals surface area contributed by atoms with Crippen LogP contribution in [0.4, 0.5) is 4.79 Å². The van der Waals surface area contributed by atoms with Gasteiger partial charge < -0.3 is 15.4 Å². The van der Waals surface area contributed by atoms with E-state index in [1.807, 2.05) is 25.7 Å². The normalized spacial score (nSPS) is 32.6. The minimum absolute atomic E-state index is 0.0544. The molecule has 22 heavy (non-hydrogen) atoms. The first-order valence-corrected chi connectivity index (χ1v) is 8.43. The van der Waals surface area contributed by atoms with Crippen molar-refractivity contribution in [2.24, 2.45) is 17.6 Å². The fourth-order valence-electron chi connectivity index (χ4n) is 3.67. The largest absolute Gasteiger partial charge is 0.444 e. The number of nitriles is 1. The van der Waals surface area contributed by atoms with Gasteiger partial charge in [-0.05, 0) is 65.2 Å². The average Bonchev–Trinajstić information content (AvgIpc) is 2.82. The number of likely N-dealkylation sites (tertiary alicyclic amines) is 1. The standard InChI is InChI=1S/C17H29N3O2/c1-17(2,3)22-16(21)20-7-6-13(11-18)10-15(20)9-12-4-5-14(19)8-12/h12-15H,4-10,19H2,1-3H3. The highest BCUT2D eigenvalue weighted by Gasteiger charge is 2.36. The maximum atomic E-state index is 12.5. The highest BCUT2D eigenvalue weighted by molar-refractivity contribution is 5.68. The van der Waals surface area contributed by atoms with E-state index in [-0.39, 0.29) is 18.1 Å². The third-order valence-corrected chi connectivity index (χ3v) is 4.71. The number of hydrogen-bond donors (Lipinski definition) is 1. The van der Waals surface area contributed by atoms with Gasteiger partial charge in [-0.15, -0.1) is 0 Å². The highest BCUT2D eigenvalue weighted by Crippen LogP contribution is 2.34. The van der Waals surface area contributed by atoms with Crippen LogP contribution < -0.4 is 5.73 Å². The van der Waals surface area contributed by atoms with E-state index in [1.54, 1.807) is 0 Å². The van der Waals surface area contributed by atoms with Crippen LogP contribution in [-0.2, 0) is 4.74 Å². The summed E-state index contributed by atoms with van der Waals surface area (Å²) in [5.74, 6) is 0.626. The van der Waals surface area contributed by atoms with Gasteiger partial charge in [-0.25, -0.2) is 4.79 Å². The smallest absolute Gasteiger partial charge is 0.410 e. The molecule has 2 N–H and O–H groups in total. The van der Waals surface area contributed by atoms with Gasteiger partial charge in [0, 0.05) is 24.5 Å². The summed E-state index contributed by atoms with van der Waals surface area (Å²) in [5.41, 5.74) is 5.52. The molecule has 1 saturated carbocycles. The summed E-state index contributed by atoms with van der Waals surface area (Å²) in [4.78, 5) is 14.3. The van der Waals surface area contributed by atoms with Crippen LogP contribution in [0.25, 0.3) is 0 Å². The van der Waals surface area contributed by atoms with E-state index in [1.165, 1.54) is 0 Å². The van der Waals surface area contributed by atoms with Gasteiger partial charge in [0.25, 0.3) is 0 Å². The molecule has 2 rings (SSSR count). The molecule has 4 atom stereocenters. The number of piperidine rings is 1. The van der Waals surface area contributed by atoms with Gasteiger partial charge in [0.2, 0.25) is 0 Å². The van der Waals surface area contributed by atoms with E-state index in [4.69, 9.17) is 10.5 Å². The molecule has 1 amide bonds. The van der Waals surface area contributed by atoms with E-state index in [9.17, 15) is 10.1 Å². The van der Waals surface area contributed by atoms with Gasteiger partial charge in [-0.1, -0.05) is 0 Å². The quantitative estimate of drug-likeness (QED) is 0.850. The summed E-state index contributed by atoms with van der Waals surface area (Å²) in [6.45, 7) is 6.28. The second-order valence-electron chi connectivity index (χ2n) is 7.85. The van der Waals surface area contributed by atoms with Gasteiger partial charge in [-0.2, -0.15) is 5.26 Å². The Hall–Kier alpha value is -1.28. The SMILES string of the molecule is CC(C)(C)OC(=O)N1CCC(C#N)CC1CC1CCC(N)C1. The molecule has 124 valence electrons. The van der Waals surface area contributed by atoms with Crippen molar-refractivity contribution in [3.63, 3.8) is 0 Å². The minimum atomic E-state index is -0.483. The van der Waals surface area contributed by atoms with Crippen molar-refractivity contribution in [3.05, 3.63) is 0 Å². The maximum Gasteiger partial charge on any atom is 0.410 e. The van der Waals surface area contributed by atoms with Crippen LogP contribution in [0.3, 0.4) is 0 Å². The Morgan fingerprint density at radius 2 is 2.05 bits per heavy atom. The number of carbonyl (C=O) groups excluding carboxylic acids is 1. The second kappa shape index (κ2) is 6.87. The number of hydrogen-bond acceptors (Lipinski definition) is 4. The summed E-state index contributed by atoms with van der Waals surface area (Å²) in [7, 11) is 0. The van der Waals surface area contributed by atoms with E-state index in [0.29, 0.717) is 18.5 Å². The molecule has 5 nitrogen and oxygen atoms in total. The Kier molecular flexibility index (Phi) is 5.33. The fraction of sp³-hybridized carbons (Fsp3) is 0.882. The summed E-state index contributed by atoms with van der Waals surface area (Å²) >= 11 is 0. The van der Waals surface area contributed by atoms with Crippen LogP contribution in [0.1, 0.15) is 59.3 Å². The van der Waals surface area contributed by atoms with Crippen molar-refractivity contribution in [3.8, 4) is 6.07 Å². The Balaban J connectivity index is 2.02. The molecular formula is C17H29N3O2. The van der Waals surface area contributed by atoms with E-state index >= 15 is 0 Å². The third-order valence-electron chi connectivity index (χ3n) is 4.71. The predicted molar refractivity (Wildman–Crippen MR) is 85.0 cm³/mol. The average molecular weight is 307 g/mol. The number of nitrogens with zero attached hydrogens (tertiary/aromatic N) is 2. The molecule has 1 aliphatic carbocycles. The minimum Gasteiger partial charge on any atom is -0.444 e. The zero-order valence-electron chi connectivity index (χ0n) is 14.0. The lowest BCUT2D eigenvalue weighted by Gasteiger charge is -2.39. The number of nitrogens with two attached hydrogens (primary N) is 1. The second-order valence-corrected chi connectivity index (χ2v) is 7.85. The lowest BCUT2D eigenvalue weighted by atomic mass is 9.86. The topological polar surface area (TPSA) is 79.3 Å².